The maximum atomic E-state index is 11.5. The second-order valence-electron chi connectivity index (χ2n) is 4.26. The van der Waals surface area contributed by atoms with Gasteiger partial charge in [0.15, 0.2) is 0 Å². The zero-order valence-corrected chi connectivity index (χ0v) is 10.5. The van der Waals surface area contributed by atoms with Crippen LogP contribution in [0.2, 0.25) is 0 Å². The molecule has 0 aromatic heterocycles. The van der Waals surface area contributed by atoms with Gasteiger partial charge in [-0.05, 0) is 18.4 Å². The summed E-state index contributed by atoms with van der Waals surface area (Å²) in [6.07, 6.45) is 3.34. The van der Waals surface area contributed by atoms with Crippen LogP contribution < -0.4 is 11.1 Å². The third kappa shape index (κ3) is 5.50. The summed E-state index contributed by atoms with van der Waals surface area (Å²) in [5.74, 6) is 0.102. The summed E-state index contributed by atoms with van der Waals surface area (Å²) in [4.78, 5) is 11.5. The Morgan fingerprint density at radius 3 is 2.71 bits per heavy atom. The highest BCUT2D eigenvalue weighted by Crippen LogP contribution is 2.14. The largest absolute Gasteiger partial charge is 0.356 e. The van der Waals surface area contributed by atoms with Crippen LogP contribution in [0.5, 0.6) is 0 Å². The lowest BCUT2D eigenvalue weighted by Gasteiger charge is -2.11. The molecule has 0 aliphatic rings. The molecular weight excluding hydrogens is 212 g/mol. The number of amides is 1. The van der Waals surface area contributed by atoms with E-state index in [0.29, 0.717) is 12.8 Å². The zero-order chi connectivity index (χ0) is 12.5. The second-order valence-corrected chi connectivity index (χ2v) is 4.26. The first-order valence-electron chi connectivity index (χ1n) is 6.31. The number of carbonyl (C=O) groups is 1. The number of unbranched alkanes of at least 4 members (excludes halogenated alkanes) is 1. The van der Waals surface area contributed by atoms with Crippen LogP contribution in [-0.4, -0.2) is 12.5 Å². The normalized spacial score (nSPS) is 12.1. The first-order chi connectivity index (χ1) is 8.24. The zero-order valence-electron chi connectivity index (χ0n) is 10.5. The number of benzene rings is 1. The van der Waals surface area contributed by atoms with Gasteiger partial charge >= 0.3 is 0 Å². The van der Waals surface area contributed by atoms with Gasteiger partial charge in [-0.2, -0.15) is 0 Å². The first kappa shape index (κ1) is 13.7. The lowest BCUT2D eigenvalue weighted by atomic mass is 10.0. The van der Waals surface area contributed by atoms with E-state index in [1.807, 2.05) is 30.3 Å². The molecule has 0 saturated carbocycles. The molecule has 94 valence electrons. The number of rotatable bonds is 7. The van der Waals surface area contributed by atoms with E-state index in [1.54, 1.807) is 0 Å². The molecule has 0 heterocycles. The fourth-order valence-corrected chi connectivity index (χ4v) is 1.65. The van der Waals surface area contributed by atoms with Gasteiger partial charge in [0.1, 0.15) is 0 Å². The van der Waals surface area contributed by atoms with E-state index >= 15 is 0 Å². The van der Waals surface area contributed by atoms with Crippen LogP contribution in [0.25, 0.3) is 0 Å². The van der Waals surface area contributed by atoms with Crippen LogP contribution in [0, 0.1) is 0 Å². The molecule has 1 unspecified atom stereocenters. The molecule has 1 atom stereocenters. The number of hydrogen-bond acceptors (Lipinski definition) is 2. The monoisotopic (exact) mass is 234 g/mol. The van der Waals surface area contributed by atoms with Gasteiger partial charge in [-0.1, -0.05) is 43.7 Å². The van der Waals surface area contributed by atoms with Gasteiger partial charge in [0.25, 0.3) is 0 Å². The van der Waals surface area contributed by atoms with E-state index in [0.717, 1.165) is 24.9 Å². The average molecular weight is 234 g/mol. The summed E-state index contributed by atoms with van der Waals surface area (Å²) < 4.78 is 0. The van der Waals surface area contributed by atoms with Crippen molar-refractivity contribution in [2.24, 2.45) is 5.73 Å². The highest BCUT2D eigenvalue weighted by atomic mass is 16.1. The van der Waals surface area contributed by atoms with Gasteiger partial charge in [0, 0.05) is 19.0 Å². The minimum Gasteiger partial charge on any atom is -0.356 e. The third-order valence-corrected chi connectivity index (χ3v) is 2.76. The van der Waals surface area contributed by atoms with Crippen LogP contribution in [0.4, 0.5) is 0 Å². The Hall–Kier alpha value is -1.35. The quantitative estimate of drug-likeness (QED) is 0.712. The molecule has 0 bridgehead atoms. The molecule has 0 spiro atoms. The maximum absolute atomic E-state index is 11.5. The van der Waals surface area contributed by atoms with E-state index in [9.17, 15) is 4.79 Å². The van der Waals surface area contributed by atoms with Crippen molar-refractivity contribution in [3.8, 4) is 0 Å². The van der Waals surface area contributed by atoms with E-state index in [1.165, 1.54) is 0 Å². The Balaban J connectivity index is 2.24. The Bertz CT molecular complexity index is 324. The number of hydrogen-bond donors (Lipinski definition) is 2. The molecule has 1 aromatic carbocycles. The van der Waals surface area contributed by atoms with Crippen molar-refractivity contribution in [2.75, 3.05) is 6.54 Å². The maximum Gasteiger partial charge on any atom is 0.220 e. The Morgan fingerprint density at radius 2 is 2.06 bits per heavy atom. The molecule has 3 N–H and O–H groups in total. The van der Waals surface area contributed by atoms with E-state index in [-0.39, 0.29) is 11.9 Å². The first-order valence-corrected chi connectivity index (χ1v) is 6.31. The molecular formula is C14H22N2O. The summed E-state index contributed by atoms with van der Waals surface area (Å²) in [5, 5.41) is 2.90. The Labute approximate surface area is 103 Å². The summed E-state index contributed by atoms with van der Waals surface area (Å²) in [6, 6.07) is 9.85. The van der Waals surface area contributed by atoms with Gasteiger partial charge < -0.3 is 11.1 Å². The van der Waals surface area contributed by atoms with Gasteiger partial charge in [-0.3, -0.25) is 4.79 Å². The van der Waals surface area contributed by atoms with Crippen molar-refractivity contribution in [3.05, 3.63) is 35.9 Å². The smallest absolute Gasteiger partial charge is 0.220 e. The van der Waals surface area contributed by atoms with Gasteiger partial charge in [0.05, 0.1) is 0 Å². The molecule has 0 aliphatic heterocycles. The summed E-state index contributed by atoms with van der Waals surface area (Å²) in [7, 11) is 0. The lowest BCUT2D eigenvalue weighted by molar-refractivity contribution is -0.121. The van der Waals surface area contributed by atoms with E-state index in [4.69, 9.17) is 5.73 Å². The summed E-state index contributed by atoms with van der Waals surface area (Å²) >= 11 is 0. The molecule has 0 radical (unpaired) electrons. The average Bonchev–Trinajstić information content (AvgIpc) is 2.37. The van der Waals surface area contributed by atoms with Gasteiger partial charge in [-0.25, -0.2) is 0 Å². The summed E-state index contributed by atoms with van der Waals surface area (Å²) in [5.41, 5.74) is 7.11. The van der Waals surface area contributed by atoms with Crippen molar-refractivity contribution >= 4 is 5.91 Å². The van der Waals surface area contributed by atoms with Crippen LogP contribution >= 0.6 is 0 Å². The molecule has 0 saturated heterocycles. The van der Waals surface area contributed by atoms with Gasteiger partial charge in [0.2, 0.25) is 5.91 Å². The van der Waals surface area contributed by atoms with Crippen LogP contribution in [0.15, 0.2) is 30.3 Å². The Morgan fingerprint density at radius 1 is 1.35 bits per heavy atom. The molecule has 17 heavy (non-hydrogen) atoms. The fourth-order valence-electron chi connectivity index (χ4n) is 1.65. The number of carbonyl (C=O) groups excluding carboxylic acids is 1. The van der Waals surface area contributed by atoms with Crippen molar-refractivity contribution in [2.45, 2.75) is 38.6 Å². The Kier molecular flexibility index (Phi) is 6.33. The molecule has 1 rings (SSSR count). The van der Waals surface area contributed by atoms with Gasteiger partial charge in [-0.15, -0.1) is 0 Å². The molecule has 1 aromatic rings. The highest BCUT2D eigenvalue weighted by molar-refractivity contribution is 5.75. The van der Waals surface area contributed by atoms with Crippen molar-refractivity contribution in [1.82, 2.24) is 5.32 Å². The molecule has 1 amide bonds. The number of nitrogens with one attached hydrogen (secondary N) is 1. The predicted molar refractivity (Wildman–Crippen MR) is 70.5 cm³/mol. The fraction of sp³-hybridized carbons (Fsp3) is 0.500. The highest BCUT2D eigenvalue weighted by Gasteiger charge is 2.08. The standard InChI is InChI=1S/C14H22N2O/c1-2-3-11-16-14(17)10-9-13(15)12-7-5-4-6-8-12/h4-8,13H,2-3,9-11,15H2,1H3,(H,16,17). The van der Waals surface area contributed by atoms with Crippen LogP contribution in [0.3, 0.4) is 0 Å². The predicted octanol–water partition coefficient (Wildman–Crippen LogP) is 2.38. The molecule has 3 nitrogen and oxygen atoms in total. The van der Waals surface area contributed by atoms with Crippen molar-refractivity contribution in [1.29, 1.82) is 0 Å². The van der Waals surface area contributed by atoms with E-state index < -0.39 is 0 Å². The minimum absolute atomic E-state index is 0.0480. The second kappa shape index (κ2) is 7.85. The van der Waals surface area contributed by atoms with E-state index in [2.05, 4.69) is 12.2 Å². The minimum atomic E-state index is -0.0480. The molecule has 3 heteroatoms. The van der Waals surface area contributed by atoms with Crippen LogP contribution in [0.1, 0.15) is 44.2 Å². The van der Waals surface area contributed by atoms with Crippen molar-refractivity contribution < 1.29 is 4.79 Å². The van der Waals surface area contributed by atoms with Crippen molar-refractivity contribution in [3.63, 3.8) is 0 Å². The summed E-state index contributed by atoms with van der Waals surface area (Å²) in [6.45, 7) is 2.88. The SMILES string of the molecule is CCCCNC(=O)CCC(N)c1ccccc1. The third-order valence-electron chi connectivity index (χ3n) is 2.76. The van der Waals surface area contributed by atoms with Crippen LogP contribution in [-0.2, 0) is 4.79 Å². The molecule has 0 aliphatic carbocycles. The lowest BCUT2D eigenvalue weighted by Crippen LogP contribution is -2.25. The molecule has 0 fully saturated rings. The topological polar surface area (TPSA) is 55.1 Å². The number of nitrogens with two attached hydrogens (primary N) is 1.